The van der Waals surface area contributed by atoms with Gasteiger partial charge in [-0.2, -0.15) is 0 Å². The molecule has 1 aromatic carbocycles. The number of carbonyl (C=O) groups is 1. The summed E-state index contributed by atoms with van der Waals surface area (Å²) in [4.78, 5) is 16.4. The number of benzene rings is 1. The van der Waals surface area contributed by atoms with Crippen LogP contribution in [-0.4, -0.2) is 37.0 Å². The molecule has 6 heteroatoms. The molecule has 26 heavy (non-hydrogen) atoms. The van der Waals surface area contributed by atoms with Crippen molar-refractivity contribution in [1.29, 1.82) is 0 Å². The minimum absolute atomic E-state index is 0. The highest BCUT2D eigenvalue weighted by Gasteiger charge is 2.17. The van der Waals surface area contributed by atoms with Gasteiger partial charge in [-0.25, -0.2) is 4.99 Å². The molecule has 3 N–H and O–H groups in total. The first-order valence-corrected chi connectivity index (χ1v) is 9.11. The maximum atomic E-state index is 12.0. The molecular weight excluding hydrogens is 439 g/mol. The highest BCUT2D eigenvalue weighted by Crippen LogP contribution is 2.23. The van der Waals surface area contributed by atoms with Gasteiger partial charge in [0.25, 0.3) is 0 Å². The predicted octanol–water partition coefficient (Wildman–Crippen LogP) is 3.51. The third-order valence-electron chi connectivity index (χ3n) is 3.76. The molecule has 0 radical (unpaired) electrons. The molecule has 5 nitrogen and oxygen atoms in total. The van der Waals surface area contributed by atoms with E-state index in [0.717, 1.165) is 13.1 Å². The Balaban J connectivity index is 0.00000625. The summed E-state index contributed by atoms with van der Waals surface area (Å²) in [5.74, 6) is 1.48. The zero-order valence-corrected chi connectivity index (χ0v) is 19.3. The van der Waals surface area contributed by atoms with Crippen LogP contribution < -0.4 is 16.0 Å². The molecule has 1 atom stereocenters. The molecule has 0 bridgehead atoms. The summed E-state index contributed by atoms with van der Waals surface area (Å²) in [6, 6.07) is 10.5. The number of nitrogens with zero attached hydrogens (tertiary/aromatic N) is 1. The van der Waals surface area contributed by atoms with Gasteiger partial charge in [0, 0.05) is 24.5 Å². The van der Waals surface area contributed by atoms with Gasteiger partial charge in [-0.1, -0.05) is 44.2 Å². The molecule has 0 aliphatic carbocycles. The summed E-state index contributed by atoms with van der Waals surface area (Å²) in [5, 5.41) is 9.51. The summed E-state index contributed by atoms with van der Waals surface area (Å²) in [7, 11) is 0. The van der Waals surface area contributed by atoms with Gasteiger partial charge >= 0.3 is 0 Å². The summed E-state index contributed by atoms with van der Waals surface area (Å²) in [6.07, 6.45) is 0. The highest BCUT2D eigenvalue weighted by atomic mass is 127. The average molecular weight is 474 g/mol. The molecule has 1 aromatic rings. The van der Waals surface area contributed by atoms with Gasteiger partial charge in [-0.05, 0) is 39.2 Å². The third-order valence-corrected chi connectivity index (χ3v) is 3.76. The lowest BCUT2D eigenvalue weighted by Gasteiger charge is -2.23. The molecule has 0 aliphatic heterocycles. The molecule has 0 spiro atoms. The highest BCUT2D eigenvalue weighted by molar-refractivity contribution is 14.0. The van der Waals surface area contributed by atoms with E-state index in [9.17, 15) is 4.79 Å². The number of hydrogen-bond acceptors (Lipinski definition) is 2. The van der Waals surface area contributed by atoms with Crippen LogP contribution in [0.3, 0.4) is 0 Å². The number of aliphatic imine (C=N–C) groups is 1. The minimum atomic E-state index is -0.242. The van der Waals surface area contributed by atoms with Crippen LogP contribution in [0.15, 0.2) is 35.3 Å². The third kappa shape index (κ3) is 9.99. The first-order chi connectivity index (χ1) is 11.7. The van der Waals surface area contributed by atoms with Crippen molar-refractivity contribution in [3.63, 3.8) is 0 Å². The Morgan fingerprint density at radius 1 is 1.12 bits per heavy atom. The zero-order chi connectivity index (χ0) is 18.9. The van der Waals surface area contributed by atoms with Gasteiger partial charge in [-0.3, -0.25) is 4.79 Å². The monoisotopic (exact) mass is 474 g/mol. The van der Waals surface area contributed by atoms with E-state index < -0.39 is 0 Å². The fraction of sp³-hybridized carbons (Fsp3) is 0.600. The second-order valence-electron chi connectivity index (χ2n) is 7.64. The van der Waals surface area contributed by atoms with Crippen molar-refractivity contribution < 1.29 is 4.79 Å². The van der Waals surface area contributed by atoms with Gasteiger partial charge in [0.05, 0.1) is 0 Å². The predicted molar refractivity (Wildman–Crippen MR) is 121 cm³/mol. The van der Waals surface area contributed by atoms with Gasteiger partial charge in [0.1, 0.15) is 6.54 Å². The lowest BCUT2D eigenvalue weighted by Crippen LogP contribution is -2.44. The Kier molecular flexibility index (Phi) is 11.5. The quantitative estimate of drug-likeness (QED) is 0.322. The van der Waals surface area contributed by atoms with Gasteiger partial charge in [0.2, 0.25) is 5.91 Å². The molecule has 1 rings (SSSR count). The van der Waals surface area contributed by atoms with Crippen LogP contribution in [0.25, 0.3) is 0 Å². The topological polar surface area (TPSA) is 65.5 Å². The molecular formula is C20H35IN4O. The lowest BCUT2D eigenvalue weighted by atomic mass is 9.88. The molecule has 0 aliphatic rings. The second kappa shape index (κ2) is 12.1. The number of amides is 1. The molecule has 0 fully saturated rings. The van der Waals surface area contributed by atoms with E-state index in [0.29, 0.717) is 17.8 Å². The van der Waals surface area contributed by atoms with Crippen LogP contribution in [0, 0.1) is 5.92 Å². The molecule has 0 aromatic heterocycles. The standard InChI is InChI=1S/C20H34N4O.HI/c1-7-21-19(23-14-18(25)24-20(4,5)6)22-13-17(15(2)3)16-11-9-8-10-12-16;/h8-12,15,17H,7,13-14H2,1-6H3,(H,24,25)(H2,21,22,23);1H. The van der Waals surface area contributed by atoms with E-state index in [1.54, 1.807) is 0 Å². The van der Waals surface area contributed by atoms with E-state index in [1.165, 1.54) is 5.56 Å². The Labute approximate surface area is 175 Å². The van der Waals surface area contributed by atoms with Crippen molar-refractivity contribution in [3.8, 4) is 0 Å². The Morgan fingerprint density at radius 2 is 1.73 bits per heavy atom. The number of halogens is 1. The SMILES string of the molecule is CCNC(=NCC(=O)NC(C)(C)C)NCC(c1ccccc1)C(C)C.I. The molecule has 0 saturated carbocycles. The fourth-order valence-electron chi connectivity index (χ4n) is 2.60. The molecule has 1 unspecified atom stereocenters. The first-order valence-electron chi connectivity index (χ1n) is 9.11. The van der Waals surface area contributed by atoms with Crippen molar-refractivity contribution in [2.45, 2.75) is 53.0 Å². The van der Waals surface area contributed by atoms with Crippen LogP contribution in [-0.2, 0) is 4.79 Å². The molecule has 0 heterocycles. The van der Waals surface area contributed by atoms with Crippen molar-refractivity contribution in [1.82, 2.24) is 16.0 Å². The van der Waals surface area contributed by atoms with Crippen molar-refractivity contribution in [2.75, 3.05) is 19.6 Å². The van der Waals surface area contributed by atoms with Crippen LogP contribution >= 0.6 is 24.0 Å². The summed E-state index contributed by atoms with van der Waals surface area (Å²) >= 11 is 0. The number of guanidine groups is 1. The van der Waals surface area contributed by atoms with Crippen molar-refractivity contribution >= 4 is 35.8 Å². The number of carbonyl (C=O) groups excluding carboxylic acids is 1. The normalized spacial score (nSPS) is 13.0. The van der Waals surface area contributed by atoms with Crippen LogP contribution in [0.5, 0.6) is 0 Å². The summed E-state index contributed by atoms with van der Waals surface area (Å²) in [6.45, 7) is 14.0. The van der Waals surface area contributed by atoms with Crippen LogP contribution in [0.4, 0.5) is 0 Å². The minimum Gasteiger partial charge on any atom is -0.357 e. The number of rotatable bonds is 7. The Morgan fingerprint density at radius 3 is 2.23 bits per heavy atom. The van der Waals surface area contributed by atoms with E-state index in [-0.39, 0.29) is 42.0 Å². The van der Waals surface area contributed by atoms with Crippen LogP contribution in [0.1, 0.15) is 53.0 Å². The van der Waals surface area contributed by atoms with Gasteiger partial charge in [0.15, 0.2) is 5.96 Å². The van der Waals surface area contributed by atoms with E-state index in [4.69, 9.17) is 0 Å². The first kappa shape index (κ1) is 24.7. The summed E-state index contributed by atoms with van der Waals surface area (Å²) in [5.41, 5.74) is 1.07. The Bertz CT molecular complexity index is 553. The lowest BCUT2D eigenvalue weighted by molar-refractivity contribution is -0.121. The Hall–Kier alpha value is -1.31. The van der Waals surface area contributed by atoms with Gasteiger partial charge < -0.3 is 16.0 Å². The second-order valence-corrected chi connectivity index (χ2v) is 7.64. The molecule has 0 saturated heterocycles. The van der Waals surface area contributed by atoms with Crippen molar-refractivity contribution in [2.24, 2.45) is 10.9 Å². The molecule has 148 valence electrons. The summed E-state index contributed by atoms with van der Waals surface area (Å²) < 4.78 is 0. The number of hydrogen-bond donors (Lipinski definition) is 3. The largest absolute Gasteiger partial charge is 0.357 e. The maximum Gasteiger partial charge on any atom is 0.242 e. The van der Waals surface area contributed by atoms with E-state index in [1.807, 2.05) is 33.8 Å². The van der Waals surface area contributed by atoms with E-state index >= 15 is 0 Å². The smallest absolute Gasteiger partial charge is 0.242 e. The molecule has 1 amide bonds. The van der Waals surface area contributed by atoms with Gasteiger partial charge in [-0.15, -0.1) is 24.0 Å². The van der Waals surface area contributed by atoms with Crippen molar-refractivity contribution in [3.05, 3.63) is 35.9 Å². The number of nitrogens with one attached hydrogen (secondary N) is 3. The van der Waals surface area contributed by atoms with E-state index in [2.05, 4.69) is 59.1 Å². The fourth-order valence-corrected chi connectivity index (χ4v) is 2.60. The average Bonchev–Trinajstić information content (AvgIpc) is 2.51. The van der Waals surface area contributed by atoms with Crippen LogP contribution in [0.2, 0.25) is 0 Å². The maximum absolute atomic E-state index is 12.0. The zero-order valence-electron chi connectivity index (χ0n) is 16.9.